The predicted molar refractivity (Wildman–Crippen MR) is 92.8 cm³/mol. The minimum atomic E-state index is -0.00309. The van der Waals surface area contributed by atoms with Crippen LogP contribution in [0.5, 0.6) is 0 Å². The van der Waals surface area contributed by atoms with Gasteiger partial charge in [0, 0.05) is 18.7 Å². The monoisotopic (exact) mass is 341 g/mol. The number of hydrogen-bond donors (Lipinski definition) is 1. The summed E-state index contributed by atoms with van der Waals surface area (Å²) >= 11 is 0. The van der Waals surface area contributed by atoms with Crippen LogP contribution in [0.2, 0.25) is 0 Å². The van der Waals surface area contributed by atoms with Crippen molar-refractivity contribution in [2.45, 2.75) is 25.5 Å². The van der Waals surface area contributed by atoms with Gasteiger partial charge in [-0.1, -0.05) is 0 Å². The van der Waals surface area contributed by atoms with Gasteiger partial charge in [0.15, 0.2) is 0 Å². The molecule has 0 saturated carbocycles. The van der Waals surface area contributed by atoms with Crippen LogP contribution >= 0.6 is 0 Å². The highest BCUT2D eigenvalue weighted by Gasteiger charge is 2.41. The molecule has 0 unspecified atom stereocenters. The van der Waals surface area contributed by atoms with Crippen molar-refractivity contribution >= 4 is 11.6 Å². The maximum Gasteiger partial charge on any atom is 0.227 e. The Kier molecular flexibility index (Phi) is 4.81. The normalized spacial score (nSPS) is 26.3. The van der Waals surface area contributed by atoms with Gasteiger partial charge in [-0.05, 0) is 43.1 Å². The molecule has 2 saturated heterocycles. The second kappa shape index (κ2) is 7.37. The van der Waals surface area contributed by atoms with Crippen molar-refractivity contribution in [2.24, 2.45) is 11.8 Å². The predicted octanol–water partition coefficient (Wildman–Crippen LogP) is 2.54. The lowest BCUT2D eigenvalue weighted by molar-refractivity contribution is -0.118. The molecule has 0 radical (unpaired) electrons. The number of hydrogen-bond acceptors (Lipinski definition) is 5. The van der Waals surface area contributed by atoms with E-state index in [9.17, 15) is 4.79 Å². The number of ether oxygens (including phenoxy) is 1. The van der Waals surface area contributed by atoms with Gasteiger partial charge in [0.2, 0.25) is 5.91 Å². The van der Waals surface area contributed by atoms with Gasteiger partial charge in [-0.3, -0.25) is 14.7 Å². The Morgan fingerprint density at radius 1 is 1.36 bits per heavy atom. The lowest BCUT2D eigenvalue weighted by Gasteiger charge is -2.35. The molecule has 6 nitrogen and oxygen atoms in total. The largest absolute Gasteiger partial charge is 0.468 e. The van der Waals surface area contributed by atoms with E-state index in [2.05, 4.69) is 15.2 Å². The van der Waals surface area contributed by atoms with Crippen LogP contribution in [0.15, 0.2) is 47.3 Å². The zero-order valence-electron chi connectivity index (χ0n) is 14.1. The molecule has 1 N–H and O–H groups in total. The van der Waals surface area contributed by atoms with Crippen molar-refractivity contribution in [1.82, 2.24) is 9.88 Å². The van der Waals surface area contributed by atoms with E-state index in [0.717, 1.165) is 44.1 Å². The summed E-state index contributed by atoms with van der Waals surface area (Å²) in [6.45, 7) is 3.62. The number of amides is 1. The van der Waals surface area contributed by atoms with Crippen molar-refractivity contribution in [1.29, 1.82) is 0 Å². The Morgan fingerprint density at radius 3 is 3.12 bits per heavy atom. The molecule has 4 rings (SSSR count). The van der Waals surface area contributed by atoms with Crippen LogP contribution in [0.1, 0.15) is 18.6 Å². The van der Waals surface area contributed by atoms with E-state index in [4.69, 9.17) is 9.15 Å². The Morgan fingerprint density at radius 2 is 2.32 bits per heavy atom. The molecule has 2 fully saturated rings. The number of nitrogens with zero attached hydrogens (tertiary/aromatic N) is 2. The Balaban J connectivity index is 1.29. The van der Waals surface area contributed by atoms with E-state index < -0.39 is 0 Å². The molecule has 2 aliphatic rings. The molecule has 0 bridgehead atoms. The number of rotatable bonds is 5. The van der Waals surface area contributed by atoms with Crippen molar-refractivity contribution in [2.75, 3.05) is 25.0 Å². The maximum atomic E-state index is 12.3. The minimum absolute atomic E-state index is 0.00309. The third-order valence-electron chi connectivity index (χ3n) is 5.17. The third kappa shape index (κ3) is 3.91. The van der Waals surface area contributed by atoms with Crippen LogP contribution in [0.25, 0.3) is 0 Å². The van der Waals surface area contributed by atoms with Crippen LogP contribution < -0.4 is 5.32 Å². The second-order valence-electron chi connectivity index (χ2n) is 6.89. The second-order valence-corrected chi connectivity index (χ2v) is 6.89. The average molecular weight is 341 g/mol. The quantitative estimate of drug-likeness (QED) is 0.905. The van der Waals surface area contributed by atoms with Crippen LogP contribution in [0.4, 0.5) is 5.69 Å². The number of piperidine rings is 1. The number of fused-ring (bicyclic) bond motifs is 1. The van der Waals surface area contributed by atoms with Gasteiger partial charge in [0.1, 0.15) is 5.76 Å². The molecule has 2 aliphatic heterocycles. The first-order valence-electron chi connectivity index (χ1n) is 8.84. The van der Waals surface area contributed by atoms with E-state index in [1.807, 2.05) is 24.3 Å². The fourth-order valence-electron chi connectivity index (χ4n) is 3.97. The molecule has 2 aromatic rings. The van der Waals surface area contributed by atoms with Gasteiger partial charge in [0.05, 0.1) is 43.8 Å². The molecule has 2 aromatic heterocycles. The first-order valence-corrected chi connectivity index (χ1v) is 8.84. The third-order valence-corrected chi connectivity index (χ3v) is 5.17. The zero-order chi connectivity index (χ0) is 17.1. The minimum Gasteiger partial charge on any atom is -0.468 e. The van der Waals surface area contributed by atoms with Crippen molar-refractivity contribution in [3.05, 3.63) is 48.7 Å². The molecule has 0 aromatic carbocycles. The molecular weight excluding hydrogens is 318 g/mol. The van der Waals surface area contributed by atoms with Gasteiger partial charge >= 0.3 is 0 Å². The molecule has 25 heavy (non-hydrogen) atoms. The molecule has 1 amide bonds. The number of anilines is 1. The molecule has 3 atom stereocenters. The van der Waals surface area contributed by atoms with E-state index in [0.29, 0.717) is 18.3 Å². The number of aromatic nitrogens is 1. The molecule has 4 heterocycles. The van der Waals surface area contributed by atoms with Gasteiger partial charge < -0.3 is 14.5 Å². The molecule has 6 heteroatoms. The lowest BCUT2D eigenvalue weighted by atomic mass is 9.83. The molecule has 0 spiro atoms. The standard InChI is InChI=1S/C19H23N3O3/c23-19(21-15-3-1-6-20-10-15)9-18-17-5-7-22(11-14(17)13-25-18)12-16-4-2-8-24-16/h1-4,6,8,10,14,17-18H,5,7,9,11-13H2,(H,21,23)/t14-,17-,18-/m1/s1. The number of furan rings is 1. The maximum absolute atomic E-state index is 12.3. The molecule has 0 aliphatic carbocycles. The van der Waals surface area contributed by atoms with Crippen LogP contribution in [0, 0.1) is 11.8 Å². The summed E-state index contributed by atoms with van der Waals surface area (Å²) in [5.74, 6) is 1.97. The van der Waals surface area contributed by atoms with Gasteiger partial charge in [0.25, 0.3) is 0 Å². The average Bonchev–Trinajstić information content (AvgIpc) is 3.26. The van der Waals surface area contributed by atoms with Crippen LogP contribution in [-0.4, -0.2) is 41.6 Å². The Labute approximate surface area is 147 Å². The zero-order valence-corrected chi connectivity index (χ0v) is 14.1. The fraction of sp³-hybridized carbons (Fsp3) is 0.474. The number of carbonyl (C=O) groups is 1. The fourth-order valence-corrected chi connectivity index (χ4v) is 3.97. The van der Waals surface area contributed by atoms with Crippen LogP contribution in [0.3, 0.4) is 0 Å². The SMILES string of the molecule is O=C(C[C@H]1OC[C@H]2CN(Cc3ccco3)CC[C@H]21)Nc1cccnc1. The summed E-state index contributed by atoms with van der Waals surface area (Å²) in [5, 5.41) is 2.90. The summed E-state index contributed by atoms with van der Waals surface area (Å²) in [5.41, 5.74) is 0.732. The summed E-state index contributed by atoms with van der Waals surface area (Å²) in [6.07, 6.45) is 6.56. The summed E-state index contributed by atoms with van der Waals surface area (Å²) in [6, 6.07) is 7.60. The van der Waals surface area contributed by atoms with E-state index in [1.54, 1.807) is 18.7 Å². The first-order chi connectivity index (χ1) is 12.3. The Bertz CT molecular complexity index is 689. The highest BCUT2D eigenvalue weighted by molar-refractivity contribution is 5.90. The van der Waals surface area contributed by atoms with E-state index in [-0.39, 0.29) is 12.0 Å². The topological polar surface area (TPSA) is 67.6 Å². The number of likely N-dealkylation sites (tertiary alicyclic amines) is 1. The van der Waals surface area contributed by atoms with Gasteiger partial charge in [-0.25, -0.2) is 0 Å². The lowest BCUT2D eigenvalue weighted by Crippen LogP contribution is -2.41. The van der Waals surface area contributed by atoms with Gasteiger partial charge in [-0.2, -0.15) is 0 Å². The number of carbonyl (C=O) groups excluding carboxylic acids is 1. The molecule has 132 valence electrons. The first kappa shape index (κ1) is 16.3. The number of pyridine rings is 1. The van der Waals surface area contributed by atoms with E-state index in [1.165, 1.54) is 0 Å². The number of nitrogens with one attached hydrogen (secondary N) is 1. The van der Waals surface area contributed by atoms with E-state index >= 15 is 0 Å². The smallest absolute Gasteiger partial charge is 0.227 e. The van der Waals surface area contributed by atoms with Crippen LogP contribution in [-0.2, 0) is 16.1 Å². The highest BCUT2D eigenvalue weighted by atomic mass is 16.5. The summed E-state index contributed by atoms with van der Waals surface area (Å²) in [7, 11) is 0. The van der Waals surface area contributed by atoms with Crippen molar-refractivity contribution in [3.8, 4) is 0 Å². The summed E-state index contributed by atoms with van der Waals surface area (Å²) < 4.78 is 11.4. The highest BCUT2D eigenvalue weighted by Crippen LogP contribution is 2.36. The molecular formula is C19H23N3O3. The Hall–Kier alpha value is -2.18. The van der Waals surface area contributed by atoms with Crippen molar-refractivity contribution in [3.63, 3.8) is 0 Å². The summed E-state index contributed by atoms with van der Waals surface area (Å²) in [4.78, 5) is 18.7. The van der Waals surface area contributed by atoms with Gasteiger partial charge in [-0.15, -0.1) is 0 Å². The van der Waals surface area contributed by atoms with Crippen molar-refractivity contribution < 1.29 is 13.9 Å².